The van der Waals surface area contributed by atoms with Gasteiger partial charge in [-0.05, 0) is 57.0 Å². The van der Waals surface area contributed by atoms with Gasteiger partial charge in [-0.25, -0.2) is 0 Å². The molecule has 23 nitrogen and oxygen atoms in total. The molecule has 12 aliphatic rings. The van der Waals surface area contributed by atoms with Crippen LogP contribution in [-0.2, 0) is 47.5 Å². The van der Waals surface area contributed by atoms with Gasteiger partial charge < -0.3 is 109 Å². The van der Waals surface area contributed by atoms with Crippen LogP contribution in [0.3, 0.4) is 0 Å². The van der Waals surface area contributed by atoms with Crippen molar-refractivity contribution in [3.8, 4) is 0 Å². The number of hydrogen-bond donors (Lipinski definition) is 12. The van der Waals surface area contributed by atoms with Crippen LogP contribution in [0.25, 0.3) is 0 Å². The summed E-state index contributed by atoms with van der Waals surface area (Å²) in [6.07, 6.45) is -18.1. The summed E-state index contributed by atoms with van der Waals surface area (Å²) in [4.78, 5) is 26.7. The van der Waals surface area contributed by atoms with Gasteiger partial charge in [-0.3, -0.25) is 4.79 Å². The van der Waals surface area contributed by atoms with Crippen LogP contribution < -0.4 is 10.6 Å². The Balaban J connectivity index is 0.962. The normalized spacial score (nSPS) is 39.7. The zero-order valence-corrected chi connectivity index (χ0v) is 42.6. The van der Waals surface area contributed by atoms with Crippen LogP contribution in [0.4, 0.5) is 0 Å². The Labute approximate surface area is 428 Å². The number of aliphatic hydroxyl groups is 10. The number of aliphatic hydroxyl groups excluding tert-OH is 10. The first-order valence-electron chi connectivity index (χ1n) is 25.1. The number of ether oxygens (including phenoxy) is 8. The summed E-state index contributed by atoms with van der Waals surface area (Å²) in [5.41, 5.74) is 1.28. The third kappa shape index (κ3) is 15.9. The van der Waals surface area contributed by atoms with E-state index < -0.39 is 136 Å². The van der Waals surface area contributed by atoms with Crippen molar-refractivity contribution in [1.82, 2.24) is 15.5 Å². The Hall–Kier alpha value is -1.80. The summed E-state index contributed by atoms with van der Waals surface area (Å²) in [5, 5.41) is 114. The molecule has 0 aromatic carbocycles. The third-order valence-electron chi connectivity index (χ3n) is 14.1. The molecule has 72 heavy (non-hydrogen) atoms. The molecule has 0 aliphatic carbocycles. The predicted octanol–water partition coefficient (Wildman–Crippen LogP) is -2.27. The first-order valence-corrected chi connectivity index (χ1v) is 27.4. The molecule has 12 N–H and O–H groups in total. The van der Waals surface area contributed by atoms with Gasteiger partial charge in [0.2, 0.25) is 5.91 Å². The van der Waals surface area contributed by atoms with Gasteiger partial charge >= 0.3 is 0 Å². The van der Waals surface area contributed by atoms with Crippen LogP contribution in [0.2, 0.25) is 0 Å². The number of Topliss-reactive ketones (excluding diaryl/α,β-unsaturated/α-hetero) is 1. The van der Waals surface area contributed by atoms with E-state index in [1.807, 2.05) is 0 Å². The van der Waals surface area contributed by atoms with E-state index in [0.717, 1.165) is 0 Å². The van der Waals surface area contributed by atoms with Crippen molar-refractivity contribution >= 4 is 35.2 Å². The minimum Gasteiger partial charge on any atom is -0.394 e. The highest BCUT2D eigenvalue weighted by molar-refractivity contribution is 7.99. The van der Waals surface area contributed by atoms with Crippen molar-refractivity contribution in [3.05, 3.63) is 24.6 Å². The highest BCUT2D eigenvalue weighted by Crippen LogP contribution is 2.38. The van der Waals surface area contributed by atoms with Gasteiger partial charge in [0.15, 0.2) is 25.2 Å². The fourth-order valence-corrected chi connectivity index (χ4v) is 11.9. The number of rotatable bonds is 21. The summed E-state index contributed by atoms with van der Waals surface area (Å²) < 4.78 is 47.1. The van der Waals surface area contributed by atoms with Gasteiger partial charge in [-0.2, -0.15) is 23.5 Å². The Bertz CT molecular complexity index is 1610. The summed E-state index contributed by atoms with van der Waals surface area (Å²) in [5.74, 6) is 0.659. The summed E-state index contributed by atoms with van der Waals surface area (Å²) >= 11 is 3.05. The van der Waals surface area contributed by atoms with E-state index in [0.29, 0.717) is 85.8 Å². The van der Waals surface area contributed by atoms with E-state index in [2.05, 4.69) is 23.8 Å². The molecule has 0 spiro atoms. The van der Waals surface area contributed by atoms with Crippen LogP contribution in [0.1, 0.15) is 71.1 Å². The standard InChI is InChI=1S/C47H79N3O20S2/c1-24(12-16-71-20-31-27-8-4-6-14-63-44-40(61)36(57)42(29(18-51)65-44)69-46(67-31)38(59)34(27)55)48-22-50(33(54)11-10-26(3)53)23-49-25(2)13-17-72-21-32-28-9-5-7-15-64-45-41(62)37(58)43(30(19-52)66-45)70-47(68-32)39(60)35(28)56/h27-32,34-49,51-52,55-62H,1-2,4-23H2,3H3/t27?,28?,29?,30?,31?,32?,34-,35-,36+,37+,38?,39?,40?,41?,42?,43?,44-,45-,46+,47+/m0/s1. The molecule has 20 atom stereocenters. The molecule has 8 bridgehead atoms. The van der Waals surface area contributed by atoms with Gasteiger partial charge in [-0.1, -0.05) is 26.0 Å². The van der Waals surface area contributed by atoms with E-state index in [9.17, 15) is 60.7 Å². The van der Waals surface area contributed by atoms with Gasteiger partial charge in [0.05, 0.1) is 51.0 Å². The fraction of sp³-hybridized carbons (Fsp3) is 0.872. The number of ketones is 1. The second-order valence-electron chi connectivity index (χ2n) is 19.4. The molecule has 25 heteroatoms. The number of carbonyl (C=O) groups excluding carboxylic acids is 2. The van der Waals surface area contributed by atoms with E-state index in [-0.39, 0.29) is 51.1 Å². The third-order valence-corrected chi connectivity index (χ3v) is 16.2. The molecule has 1 amide bonds. The molecule has 0 aromatic rings. The highest BCUT2D eigenvalue weighted by Gasteiger charge is 2.53. The van der Waals surface area contributed by atoms with Gasteiger partial charge in [0.25, 0.3) is 0 Å². The number of nitrogens with zero attached hydrogens (tertiary/aromatic N) is 1. The minimum atomic E-state index is -1.53. The van der Waals surface area contributed by atoms with Crippen LogP contribution in [-0.4, -0.2) is 241 Å². The molecule has 12 rings (SSSR count). The Morgan fingerprint density at radius 1 is 0.528 bits per heavy atom. The summed E-state index contributed by atoms with van der Waals surface area (Å²) in [7, 11) is 0. The fourth-order valence-electron chi connectivity index (χ4n) is 9.68. The first-order chi connectivity index (χ1) is 34.5. The smallest absolute Gasteiger partial charge is 0.225 e. The molecule has 0 radical (unpaired) electrons. The van der Waals surface area contributed by atoms with Crippen molar-refractivity contribution in [2.75, 3.05) is 62.8 Å². The van der Waals surface area contributed by atoms with E-state index in [1.165, 1.54) is 35.3 Å². The molecular formula is C47H79N3O20S2. The predicted molar refractivity (Wildman–Crippen MR) is 258 cm³/mol. The topological polar surface area (TPSA) is 338 Å². The Morgan fingerprint density at radius 2 is 0.931 bits per heavy atom. The van der Waals surface area contributed by atoms with Crippen molar-refractivity contribution in [1.29, 1.82) is 0 Å². The second kappa shape index (κ2) is 29.1. The minimum absolute atomic E-state index is 0.00793. The zero-order valence-electron chi connectivity index (χ0n) is 40.9. The number of nitrogens with one attached hydrogen (secondary N) is 2. The van der Waals surface area contributed by atoms with Crippen LogP contribution in [0, 0.1) is 11.8 Å². The molecule has 414 valence electrons. The quantitative estimate of drug-likeness (QED) is 0.0426. The molecule has 0 saturated carbocycles. The molecule has 12 aliphatic heterocycles. The SMILES string of the molecule is C=C(CCSCC1O[C@@H]2OC3C(CO)O[C@H](OCCCCC1[C@H](O)C2O)C(O)[C@H]3O)NCN(CNC(=C)CCSCC1O[C@@H]2OC3C(CO)O[C@H](OCCCCC1[C@H](O)C2O)C(O)[C@H]3O)C(=O)CCC(C)=O. The molecule has 12 saturated heterocycles. The number of hydrogen-bond acceptors (Lipinski definition) is 24. The number of amides is 1. The number of carbonyl (C=O) groups is 2. The lowest BCUT2D eigenvalue weighted by molar-refractivity contribution is -0.354. The van der Waals surface area contributed by atoms with Crippen molar-refractivity contribution < 1.29 is 98.5 Å². The first kappa shape index (κ1) is 59.4. The maximum absolute atomic E-state index is 13.3. The summed E-state index contributed by atoms with van der Waals surface area (Å²) in [6.45, 7) is 9.13. The lowest BCUT2D eigenvalue weighted by Crippen LogP contribution is -2.63. The number of thioether (sulfide) groups is 2. The lowest BCUT2D eigenvalue weighted by Gasteiger charge is -2.47. The van der Waals surface area contributed by atoms with Gasteiger partial charge in [0, 0.05) is 60.8 Å². The molecular weight excluding hydrogens is 991 g/mol. The molecule has 12 fully saturated rings. The van der Waals surface area contributed by atoms with Crippen molar-refractivity contribution in [3.63, 3.8) is 0 Å². The molecule has 12 unspecified atom stereocenters. The highest BCUT2D eigenvalue weighted by atomic mass is 32.2. The maximum atomic E-state index is 13.3. The Morgan fingerprint density at radius 3 is 1.33 bits per heavy atom. The van der Waals surface area contributed by atoms with Gasteiger partial charge in [-0.15, -0.1) is 0 Å². The molecule has 12 heterocycles. The monoisotopic (exact) mass is 1070 g/mol. The second-order valence-corrected chi connectivity index (χ2v) is 21.7. The average Bonchev–Trinajstić information content (AvgIpc) is 3.36. The maximum Gasteiger partial charge on any atom is 0.225 e. The van der Waals surface area contributed by atoms with Crippen molar-refractivity contribution in [2.45, 2.75) is 182 Å². The van der Waals surface area contributed by atoms with Crippen LogP contribution in [0.5, 0.6) is 0 Å². The van der Waals surface area contributed by atoms with Crippen LogP contribution >= 0.6 is 23.5 Å². The number of allylic oxidation sites excluding steroid dienone is 2. The lowest BCUT2D eigenvalue weighted by atomic mass is 9.85. The van der Waals surface area contributed by atoms with Crippen LogP contribution in [0.15, 0.2) is 24.6 Å². The van der Waals surface area contributed by atoms with E-state index >= 15 is 0 Å². The Kier molecular flexibility index (Phi) is 24.0. The average molecular weight is 1070 g/mol. The van der Waals surface area contributed by atoms with Gasteiger partial charge in [0.1, 0.15) is 66.8 Å². The summed E-state index contributed by atoms with van der Waals surface area (Å²) in [6, 6.07) is 0. The largest absolute Gasteiger partial charge is 0.394 e. The van der Waals surface area contributed by atoms with Crippen molar-refractivity contribution in [2.24, 2.45) is 11.8 Å². The zero-order chi connectivity index (χ0) is 52.1. The van der Waals surface area contributed by atoms with E-state index in [4.69, 9.17) is 37.9 Å². The van der Waals surface area contributed by atoms with E-state index in [1.54, 1.807) is 0 Å². The molecule has 0 aromatic heterocycles.